The summed E-state index contributed by atoms with van der Waals surface area (Å²) in [7, 11) is 4.18. The fraction of sp³-hybridized carbons (Fsp3) is 0.214. The normalized spacial score (nSPS) is 10.3. The summed E-state index contributed by atoms with van der Waals surface area (Å²) in [6, 6.07) is 29.1. The third-order valence-electron chi connectivity index (χ3n) is 4.64. The van der Waals surface area contributed by atoms with Crippen LogP contribution >= 0.6 is 0 Å². The summed E-state index contributed by atoms with van der Waals surface area (Å²) in [6.45, 7) is 3.29. The van der Waals surface area contributed by atoms with Crippen molar-refractivity contribution in [3.63, 3.8) is 0 Å². The minimum absolute atomic E-state index is 0.740. The lowest BCUT2D eigenvalue weighted by Crippen LogP contribution is -2.17. The largest absolute Gasteiger partial charge is 0.291 e. The molecule has 0 aromatic heterocycles. The van der Waals surface area contributed by atoms with E-state index in [0.29, 0.717) is 0 Å². The third kappa shape index (κ3) is 7.61. The van der Waals surface area contributed by atoms with Crippen LogP contribution in [0.5, 0.6) is 0 Å². The minimum Gasteiger partial charge on any atom is -0.291 e. The number of hydrogen-bond donors (Lipinski definition) is 0. The monoisotopic (exact) mass is 392 g/mol. The van der Waals surface area contributed by atoms with Crippen molar-refractivity contribution >= 4 is 0 Å². The quantitative estimate of drug-likeness (QED) is 0.563. The third-order valence-corrected chi connectivity index (χ3v) is 4.64. The molecule has 0 heterocycles. The molecule has 0 N–H and O–H groups in total. The van der Waals surface area contributed by atoms with Crippen LogP contribution < -0.4 is 0 Å². The van der Waals surface area contributed by atoms with Crippen LogP contribution in [-0.4, -0.2) is 37.0 Å². The smallest absolute Gasteiger partial charge is 0.0605 e. The van der Waals surface area contributed by atoms with Crippen LogP contribution in [0.3, 0.4) is 0 Å². The second-order valence-corrected chi connectivity index (χ2v) is 7.50. The molecule has 2 nitrogen and oxygen atoms in total. The summed E-state index contributed by atoms with van der Waals surface area (Å²) < 4.78 is 0. The molecule has 30 heavy (non-hydrogen) atoms. The predicted octanol–water partition coefficient (Wildman–Crippen LogP) is 4.65. The number of benzene rings is 3. The van der Waals surface area contributed by atoms with Gasteiger partial charge in [0.1, 0.15) is 0 Å². The molecule has 0 saturated heterocycles. The first-order chi connectivity index (χ1) is 14.7. The molecule has 0 bridgehead atoms. The zero-order valence-corrected chi connectivity index (χ0v) is 17.8. The topological polar surface area (TPSA) is 6.48 Å². The maximum Gasteiger partial charge on any atom is 0.0605 e. The average Bonchev–Trinajstić information content (AvgIpc) is 2.76. The molecule has 0 amide bonds. The van der Waals surface area contributed by atoms with Gasteiger partial charge in [-0.25, -0.2) is 0 Å². The first-order valence-corrected chi connectivity index (χ1v) is 10.2. The maximum absolute atomic E-state index is 3.26. The molecule has 3 rings (SSSR count). The Balaban J connectivity index is 1.45. The summed E-state index contributed by atoms with van der Waals surface area (Å²) in [6.07, 6.45) is 0. The zero-order valence-electron chi connectivity index (χ0n) is 17.8. The second kappa shape index (κ2) is 11.6. The van der Waals surface area contributed by atoms with Gasteiger partial charge in [0, 0.05) is 24.2 Å². The van der Waals surface area contributed by atoms with E-state index in [1.165, 1.54) is 11.1 Å². The van der Waals surface area contributed by atoms with E-state index in [1.807, 2.05) is 36.4 Å². The first kappa shape index (κ1) is 21.4. The highest BCUT2D eigenvalue weighted by Crippen LogP contribution is 2.04. The van der Waals surface area contributed by atoms with Gasteiger partial charge in [-0.2, -0.15) is 0 Å². The van der Waals surface area contributed by atoms with Gasteiger partial charge in [-0.3, -0.25) is 9.80 Å². The van der Waals surface area contributed by atoms with Crippen molar-refractivity contribution in [1.29, 1.82) is 0 Å². The molecular weight excluding hydrogens is 364 g/mol. The van der Waals surface area contributed by atoms with E-state index in [-0.39, 0.29) is 0 Å². The predicted molar refractivity (Wildman–Crippen MR) is 126 cm³/mol. The van der Waals surface area contributed by atoms with Crippen molar-refractivity contribution < 1.29 is 0 Å². The molecule has 0 aliphatic carbocycles. The Hall–Kier alpha value is -3.30. The van der Waals surface area contributed by atoms with Crippen molar-refractivity contribution in [2.75, 3.05) is 27.2 Å². The Kier molecular flexibility index (Phi) is 8.31. The average molecular weight is 393 g/mol. The molecule has 0 spiro atoms. The molecule has 0 fully saturated rings. The number of nitrogens with zero attached hydrogens (tertiary/aromatic N) is 2. The Morgan fingerprint density at radius 2 is 0.900 bits per heavy atom. The van der Waals surface area contributed by atoms with E-state index in [2.05, 4.69) is 96.1 Å². The van der Waals surface area contributed by atoms with Crippen molar-refractivity contribution in [2.24, 2.45) is 0 Å². The van der Waals surface area contributed by atoms with Crippen LogP contribution in [0, 0.1) is 23.7 Å². The SMILES string of the molecule is CN(CC#Cc1ccc(C#CCN(C)Cc2ccccc2)cc1)Cc1ccccc1. The van der Waals surface area contributed by atoms with Gasteiger partial charge in [0.25, 0.3) is 0 Å². The van der Waals surface area contributed by atoms with Gasteiger partial charge in [0.15, 0.2) is 0 Å². The molecule has 3 aromatic rings. The van der Waals surface area contributed by atoms with Crippen LogP contribution in [0.4, 0.5) is 0 Å². The molecule has 0 atom stereocenters. The van der Waals surface area contributed by atoms with Gasteiger partial charge in [-0.05, 0) is 49.5 Å². The van der Waals surface area contributed by atoms with Gasteiger partial charge >= 0.3 is 0 Å². The molecule has 0 saturated carbocycles. The molecule has 3 aromatic carbocycles. The molecule has 150 valence electrons. The first-order valence-electron chi connectivity index (χ1n) is 10.2. The van der Waals surface area contributed by atoms with Crippen molar-refractivity contribution in [3.8, 4) is 23.7 Å². The molecular formula is C28H28N2. The highest BCUT2D eigenvalue weighted by molar-refractivity contribution is 5.42. The van der Waals surface area contributed by atoms with E-state index >= 15 is 0 Å². The fourth-order valence-corrected chi connectivity index (χ4v) is 3.09. The zero-order chi connectivity index (χ0) is 21.0. The van der Waals surface area contributed by atoms with Crippen molar-refractivity contribution in [2.45, 2.75) is 13.1 Å². The Bertz CT molecular complexity index is 930. The van der Waals surface area contributed by atoms with Crippen LogP contribution in [0.2, 0.25) is 0 Å². The molecule has 2 heteroatoms. The molecule has 0 aliphatic heterocycles. The van der Waals surface area contributed by atoms with Crippen LogP contribution in [0.25, 0.3) is 0 Å². The Labute approximate surface area is 181 Å². The second-order valence-electron chi connectivity index (χ2n) is 7.50. The lowest BCUT2D eigenvalue weighted by molar-refractivity contribution is 0.369. The van der Waals surface area contributed by atoms with Gasteiger partial charge in [0.05, 0.1) is 13.1 Å². The standard InChI is InChI=1S/C28H28N2/c1-29(23-27-11-5-3-6-12-27)21-9-15-25-17-19-26(20-18-25)16-10-22-30(2)24-28-13-7-4-8-14-28/h3-8,11-14,17-20H,21-24H2,1-2H3. The van der Waals surface area contributed by atoms with Crippen molar-refractivity contribution in [1.82, 2.24) is 9.80 Å². The highest BCUT2D eigenvalue weighted by atomic mass is 15.1. The summed E-state index contributed by atoms with van der Waals surface area (Å²) in [5, 5.41) is 0. The summed E-state index contributed by atoms with van der Waals surface area (Å²) >= 11 is 0. The van der Waals surface area contributed by atoms with Crippen LogP contribution in [-0.2, 0) is 13.1 Å². The van der Waals surface area contributed by atoms with Crippen LogP contribution in [0.1, 0.15) is 22.3 Å². The van der Waals surface area contributed by atoms with Gasteiger partial charge in [-0.15, -0.1) is 0 Å². The van der Waals surface area contributed by atoms with E-state index in [4.69, 9.17) is 0 Å². The summed E-state index contributed by atoms with van der Waals surface area (Å²) in [5.74, 6) is 13.0. The summed E-state index contributed by atoms with van der Waals surface area (Å²) in [5.41, 5.74) is 4.66. The molecule has 0 unspecified atom stereocenters. The van der Waals surface area contributed by atoms with Crippen LogP contribution in [0.15, 0.2) is 84.9 Å². The van der Waals surface area contributed by atoms with E-state index in [9.17, 15) is 0 Å². The Morgan fingerprint density at radius 1 is 0.533 bits per heavy atom. The highest BCUT2D eigenvalue weighted by Gasteiger charge is 1.98. The minimum atomic E-state index is 0.740. The van der Waals surface area contributed by atoms with Crippen molar-refractivity contribution in [3.05, 3.63) is 107 Å². The number of hydrogen-bond acceptors (Lipinski definition) is 2. The Morgan fingerprint density at radius 3 is 1.27 bits per heavy atom. The maximum atomic E-state index is 3.26. The number of rotatable bonds is 6. The molecule has 0 aliphatic rings. The van der Waals surface area contributed by atoms with E-state index < -0.39 is 0 Å². The lowest BCUT2D eigenvalue weighted by atomic mass is 10.1. The fourth-order valence-electron chi connectivity index (χ4n) is 3.09. The van der Waals surface area contributed by atoms with Gasteiger partial charge < -0.3 is 0 Å². The van der Waals surface area contributed by atoms with Gasteiger partial charge in [-0.1, -0.05) is 84.3 Å². The van der Waals surface area contributed by atoms with Gasteiger partial charge in [0.2, 0.25) is 0 Å². The summed E-state index contributed by atoms with van der Waals surface area (Å²) in [4.78, 5) is 4.43. The molecule has 0 radical (unpaired) electrons. The van der Waals surface area contributed by atoms with E-state index in [0.717, 1.165) is 37.3 Å². The lowest BCUT2D eigenvalue weighted by Gasteiger charge is -2.12. The van der Waals surface area contributed by atoms with E-state index in [1.54, 1.807) is 0 Å².